The highest BCUT2D eigenvalue weighted by molar-refractivity contribution is 6.38. The van der Waals surface area contributed by atoms with Crippen LogP contribution >= 0.6 is 23.2 Å². The number of urea groups is 1. The molecule has 4 N–H and O–H groups in total. The number of benzene rings is 2. The van der Waals surface area contributed by atoms with Gasteiger partial charge in [-0.15, -0.1) is 5.11 Å². The van der Waals surface area contributed by atoms with Gasteiger partial charge in [-0.2, -0.15) is 10.2 Å². The van der Waals surface area contributed by atoms with Crippen molar-refractivity contribution in [3.8, 4) is 11.1 Å². The van der Waals surface area contributed by atoms with Gasteiger partial charge in [-0.3, -0.25) is 5.21 Å². The summed E-state index contributed by atoms with van der Waals surface area (Å²) in [6, 6.07) is 6.33. The summed E-state index contributed by atoms with van der Waals surface area (Å²) >= 11 is 12.4. The van der Waals surface area contributed by atoms with Crippen molar-refractivity contribution in [2.24, 2.45) is 21.2 Å². The van der Waals surface area contributed by atoms with Crippen LogP contribution in [-0.4, -0.2) is 35.2 Å². The van der Waals surface area contributed by atoms with E-state index in [1.807, 2.05) is 0 Å². The van der Waals surface area contributed by atoms with Gasteiger partial charge in [0.2, 0.25) is 5.84 Å². The van der Waals surface area contributed by atoms with Gasteiger partial charge in [0.05, 0.1) is 11.1 Å². The molecule has 2 amide bonds. The molecule has 0 radical (unpaired) electrons. The highest BCUT2D eigenvalue weighted by Gasteiger charge is 2.19. The monoisotopic (exact) mass is 454 g/mol. The highest BCUT2D eigenvalue weighted by atomic mass is 35.5. The molecule has 0 atom stereocenters. The number of carbonyl (C=O) groups excluding carboxylic acids is 1. The van der Waals surface area contributed by atoms with Crippen LogP contribution in [0.3, 0.4) is 0 Å². The van der Waals surface area contributed by atoms with Crippen molar-refractivity contribution in [1.29, 1.82) is 0 Å². The van der Waals surface area contributed by atoms with Crippen molar-refractivity contribution in [2.45, 2.75) is 26.4 Å². The van der Waals surface area contributed by atoms with Crippen LogP contribution in [0.1, 0.15) is 25.0 Å². The summed E-state index contributed by atoms with van der Waals surface area (Å²) in [5.74, 6) is 4.90. The molecule has 0 unspecified atom stereocenters. The number of amides is 2. The molecule has 0 spiro atoms. The summed E-state index contributed by atoms with van der Waals surface area (Å²) in [6.07, 6.45) is 0. The average molecular weight is 455 g/mol. The first-order valence-electron chi connectivity index (χ1n) is 8.81. The second-order valence-electron chi connectivity index (χ2n) is 6.47. The summed E-state index contributed by atoms with van der Waals surface area (Å²) in [7, 11) is 1.45. The molecule has 160 valence electrons. The molecule has 0 fully saturated rings. The van der Waals surface area contributed by atoms with Crippen molar-refractivity contribution < 1.29 is 14.4 Å². The SMILES string of the molecule is CN=NC(=NN)c1c(Cl)cc(Cl)cc1-c1ccc(CNC(=O)N(O)C(C)C)c(F)c1. The molecule has 0 saturated carbocycles. The number of hydrogen-bond donors (Lipinski definition) is 3. The maximum atomic E-state index is 14.7. The van der Waals surface area contributed by atoms with E-state index in [9.17, 15) is 14.4 Å². The maximum Gasteiger partial charge on any atom is 0.341 e. The minimum atomic E-state index is -0.730. The Balaban J connectivity index is 2.40. The number of carbonyl (C=O) groups is 1. The quantitative estimate of drug-likeness (QED) is 0.150. The zero-order valence-electron chi connectivity index (χ0n) is 16.5. The lowest BCUT2D eigenvalue weighted by atomic mass is 9.97. The number of azo groups is 1. The maximum absolute atomic E-state index is 14.7. The molecular weight excluding hydrogens is 434 g/mol. The first-order chi connectivity index (χ1) is 14.2. The Bertz CT molecular complexity index is 997. The van der Waals surface area contributed by atoms with E-state index in [4.69, 9.17) is 29.0 Å². The number of halogens is 3. The van der Waals surface area contributed by atoms with Crippen LogP contribution < -0.4 is 11.2 Å². The zero-order valence-corrected chi connectivity index (χ0v) is 18.0. The van der Waals surface area contributed by atoms with Crippen molar-refractivity contribution in [3.05, 3.63) is 57.3 Å². The summed E-state index contributed by atoms with van der Waals surface area (Å²) in [5, 5.41) is 24.3. The molecule has 8 nitrogen and oxygen atoms in total. The summed E-state index contributed by atoms with van der Waals surface area (Å²) in [4.78, 5) is 11.8. The Morgan fingerprint density at radius 1 is 1.30 bits per heavy atom. The smallest absolute Gasteiger partial charge is 0.332 e. The minimum Gasteiger partial charge on any atom is -0.332 e. The number of hydrazone groups is 1. The zero-order chi connectivity index (χ0) is 22.4. The molecule has 0 heterocycles. The van der Waals surface area contributed by atoms with Gasteiger partial charge in [-0.05, 0) is 43.2 Å². The molecule has 30 heavy (non-hydrogen) atoms. The highest BCUT2D eigenvalue weighted by Crippen LogP contribution is 2.34. The third-order valence-corrected chi connectivity index (χ3v) is 4.60. The van der Waals surface area contributed by atoms with Gasteiger partial charge in [-0.25, -0.2) is 14.2 Å². The van der Waals surface area contributed by atoms with E-state index >= 15 is 0 Å². The van der Waals surface area contributed by atoms with Gasteiger partial charge in [0.25, 0.3) is 0 Å². The summed E-state index contributed by atoms with van der Waals surface area (Å²) in [6.45, 7) is 3.16. The van der Waals surface area contributed by atoms with Crippen molar-refractivity contribution in [3.63, 3.8) is 0 Å². The lowest BCUT2D eigenvalue weighted by molar-refractivity contribution is -0.0678. The molecule has 0 aromatic heterocycles. The van der Waals surface area contributed by atoms with Gasteiger partial charge >= 0.3 is 6.03 Å². The second-order valence-corrected chi connectivity index (χ2v) is 7.31. The van der Waals surface area contributed by atoms with E-state index in [1.165, 1.54) is 25.2 Å². The molecule has 2 aromatic carbocycles. The summed E-state index contributed by atoms with van der Waals surface area (Å²) in [5.41, 5.74) is 1.47. The Hall–Kier alpha value is -2.75. The molecule has 2 aromatic rings. The lowest BCUT2D eigenvalue weighted by Gasteiger charge is -2.19. The van der Waals surface area contributed by atoms with E-state index in [1.54, 1.807) is 26.0 Å². The predicted octanol–water partition coefficient (Wildman–Crippen LogP) is 4.81. The molecule has 0 aliphatic carbocycles. The lowest BCUT2D eigenvalue weighted by Crippen LogP contribution is -2.41. The first-order valence-corrected chi connectivity index (χ1v) is 9.57. The molecular formula is C19H21Cl2FN6O2. The van der Waals surface area contributed by atoms with Crippen LogP contribution in [-0.2, 0) is 6.54 Å². The van der Waals surface area contributed by atoms with Crippen LogP contribution in [0.2, 0.25) is 10.0 Å². The van der Waals surface area contributed by atoms with Gasteiger partial charge < -0.3 is 11.2 Å². The van der Waals surface area contributed by atoms with E-state index in [-0.39, 0.29) is 23.0 Å². The fraction of sp³-hybridized carbons (Fsp3) is 0.263. The standard InChI is InChI=1S/C19H21Cl2FN6O2/c1-10(2)28(30)19(29)25-9-12-5-4-11(6-16(12)22)14-7-13(20)8-15(21)17(14)18(26-23)27-24-3/h4-8,10,30H,9,23H2,1-3H3,(H,25,29). The third kappa shape index (κ3) is 5.44. The third-order valence-electron chi connectivity index (χ3n) is 4.09. The van der Waals surface area contributed by atoms with Crippen LogP contribution in [0.5, 0.6) is 0 Å². The number of hydroxylamine groups is 2. The first kappa shape index (κ1) is 23.5. The second kappa shape index (κ2) is 10.3. The van der Waals surface area contributed by atoms with Crippen molar-refractivity contribution in [2.75, 3.05) is 7.05 Å². The Morgan fingerprint density at radius 2 is 2.00 bits per heavy atom. The number of amidine groups is 1. The Kier molecular flexibility index (Phi) is 8.10. The largest absolute Gasteiger partial charge is 0.341 e. The molecule has 0 aliphatic heterocycles. The fourth-order valence-electron chi connectivity index (χ4n) is 2.61. The average Bonchev–Trinajstić information content (AvgIpc) is 2.70. The van der Waals surface area contributed by atoms with Crippen LogP contribution in [0.25, 0.3) is 11.1 Å². The normalized spacial score (nSPS) is 11.9. The number of nitrogens with two attached hydrogens (primary N) is 1. The topological polar surface area (TPSA) is 116 Å². The molecule has 0 bridgehead atoms. The Labute approximate surface area is 183 Å². The van der Waals surface area contributed by atoms with Gasteiger partial charge in [0.15, 0.2) is 0 Å². The molecule has 2 rings (SSSR count). The Morgan fingerprint density at radius 3 is 2.57 bits per heavy atom. The fourth-order valence-corrected chi connectivity index (χ4v) is 3.19. The molecule has 0 aliphatic rings. The minimum absolute atomic E-state index is 0.0580. The number of hydrogen-bond acceptors (Lipinski definition) is 5. The van der Waals surface area contributed by atoms with Gasteiger partial charge in [0.1, 0.15) is 5.82 Å². The molecule has 11 heteroatoms. The number of nitrogens with zero attached hydrogens (tertiary/aromatic N) is 4. The van der Waals surface area contributed by atoms with E-state index < -0.39 is 17.9 Å². The summed E-state index contributed by atoms with van der Waals surface area (Å²) < 4.78 is 14.7. The number of rotatable bonds is 5. The van der Waals surface area contributed by atoms with Gasteiger partial charge in [-0.1, -0.05) is 35.3 Å². The van der Waals surface area contributed by atoms with Crippen LogP contribution in [0, 0.1) is 5.82 Å². The van der Waals surface area contributed by atoms with E-state index in [0.717, 1.165) is 0 Å². The van der Waals surface area contributed by atoms with Crippen LogP contribution in [0.4, 0.5) is 9.18 Å². The van der Waals surface area contributed by atoms with Crippen molar-refractivity contribution >= 4 is 35.1 Å². The van der Waals surface area contributed by atoms with Crippen LogP contribution in [0.15, 0.2) is 45.7 Å². The van der Waals surface area contributed by atoms with E-state index in [0.29, 0.717) is 26.8 Å². The molecule has 0 saturated heterocycles. The number of nitrogens with one attached hydrogen (secondary N) is 1. The van der Waals surface area contributed by atoms with Gasteiger partial charge in [0, 0.05) is 29.7 Å². The van der Waals surface area contributed by atoms with Crippen molar-refractivity contribution in [1.82, 2.24) is 10.4 Å². The predicted molar refractivity (Wildman–Crippen MR) is 114 cm³/mol. The van der Waals surface area contributed by atoms with E-state index in [2.05, 4.69) is 20.6 Å².